The fraction of sp³-hybridized carbons (Fsp3) is 0.167. The fourth-order valence-electron chi connectivity index (χ4n) is 1.36. The zero-order chi connectivity index (χ0) is 12.1. The van der Waals surface area contributed by atoms with Crippen LogP contribution < -0.4 is 15.2 Å². The minimum absolute atomic E-state index is 0.241. The molecule has 1 aromatic heterocycles. The molecule has 2 N–H and O–H groups in total. The summed E-state index contributed by atoms with van der Waals surface area (Å²) in [6.07, 6.45) is 1.58. The Morgan fingerprint density at radius 1 is 1.24 bits per heavy atom. The molecule has 1 heterocycles. The van der Waals surface area contributed by atoms with Gasteiger partial charge in [-0.2, -0.15) is 4.98 Å². The first-order valence-electron chi connectivity index (χ1n) is 5.16. The lowest BCUT2D eigenvalue weighted by molar-refractivity contribution is 0.375. The van der Waals surface area contributed by atoms with E-state index in [1.807, 2.05) is 24.3 Å². The van der Waals surface area contributed by atoms with E-state index in [-0.39, 0.29) is 6.01 Å². The van der Waals surface area contributed by atoms with Crippen molar-refractivity contribution in [2.45, 2.75) is 6.54 Å². The van der Waals surface area contributed by atoms with E-state index in [4.69, 9.17) is 15.2 Å². The van der Waals surface area contributed by atoms with E-state index in [1.165, 1.54) is 0 Å². The Labute approximate surface area is 99.2 Å². The Bertz CT molecular complexity index is 503. The predicted molar refractivity (Wildman–Crippen MR) is 63.0 cm³/mol. The number of methoxy groups -OCH3 is 1. The highest BCUT2D eigenvalue weighted by Crippen LogP contribution is 2.23. The summed E-state index contributed by atoms with van der Waals surface area (Å²) < 4.78 is 10.6. The third kappa shape index (κ3) is 2.70. The van der Waals surface area contributed by atoms with Crippen molar-refractivity contribution in [1.29, 1.82) is 0 Å². The molecule has 17 heavy (non-hydrogen) atoms. The van der Waals surface area contributed by atoms with Crippen LogP contribution in [0.3, 0.4) is 0 Å². The Hall–Kier alpha value is -2.14. The molecule has 1 aromatic carbocycles. The van der Waals surface area contributed by atoms with Crippen LogP contribution in [-0.4, -0.2) is 17.1 Å². The summed E-state index contributed by atoms with van der Waals surface area (Å²) in [6.45, 7) is 0.403. The molecular formula is C12H13N3O2. The van der Waals surface area contributed by atoms with E-state index in [1.54, 1.807) is 19.4 Å². The van der Waals surface area contributed by atoms with E-state index in [0.29, 0.717) is 18.2 Å². The first-order valence-corrected chi connectivity index (χ1v) is 5.16. The lowest BCUT2D eigenvalue weighted by atomic mass is 10.2. The predicted octanol–water partition coefficient (Wildman–Crippen LogP) is 1.74. The maximum absolute atomic E-state index is 5.61. The molecule has 5 heteroatoms. The molecular weight excluding hydrogens is 218 g/mol. The summed E-state index contributed by atoms with van der Waals surface area (Å²) in [6, 6.07) is 9.39. The monoisotopic (exact) mass is 231 g/mol. The number of rotatable bonds is 4. The average molecular weight is 231 g/mol. The molecule has 0 saturated heterocycles. The maximum Gasteiger partial charge on any atom is 0.325 e. The van der Waals surface area contributed by atoms with Crippen LogP contribution in [0.5, 0.6) is 17.6 Å². The molecule has 0 atom stereocenters. The Morgan fingerprint density at radius 2 is 2.06 bits per heavy atom. The summed E-state index contributed by atoms with van der Waals surface area (Å²) in [5, 5.41) is 0. The van der Waals surface area contributed by atoms with Crippen molar-refractivity contribution in [3.05, 3.63) is 42.1 Å². The Balaban J connectivity index is 2.24. The molecule has 2 rings (SSSR count). The van der Waals surface area contributed by atoms with Crippen molar-refractivity contribution >= 4 is 0 Å². The molecule has 0 saturated carbocycles. The minimum atomic E-state index is 0.241. The van der Waals surface area contributed by atoms with Gasteiger partial charge < -0.3 is 15.2 Å². The second-order valence-electron chi connectivity index (χ2n) is 3.30. The zero-order valence-corrected chi connectivity index (χ0v) is 9.46. The normalized spacial score (nSPS) is 10.0. The minimum Gasteiger partial charge on any atom is -0.481 e. The summed E-state index contributed by atoms with van der Waals surface area (Å²) in [5.74, 6) is 1.11. The highest BCUT2D eigenvalue weighted by Gasteiger charge is 2.05. The Morgan fingerprint density at radius 3 is 2.82 bits per heavy atom. The number of nitrogens with zero attached hydrogens (tertiary/aromatic N) is 2. The van der Waals surface area contributed by atoms with Crippen LogP contribution in [0.4, 0.5) is 0 Å². The molecule has 0 aliphatic rings. The number of hydrogen-bond acceptors (Lipinski definition) is 5. The number of ether oxygens (including phenoxy) is 2. The lowest BCUT2D eigenvalue weighted by Gasteiger charge is -2.08. The van der Waals surface area contributed by atoms with Gasteiger partial charge >= 0.3 is 6.01 Å². The number of para-hydroxylation sites is 1. The quantitative estimate of drug-likeness (QED) is 0.867. The molecule has 0 radical (unpaired) electrons. The van der Waals surface area contributed by atoms with Crippen molar-refractivity contribution in [3.8, 4) is 17.6 Å². The second-order valence-corrected chi connectivity index (χ2v) is 3.30. The van der Waals surface area contributed by atoms with Crippen LogP contribution in [-0.2, 0) is 6.54 Å². The zero-order valence-electron chi connectivity index (χ0n) is 9.46. The second kappa shape index (κ2) is 5.27. The van der Waals surface area contributed by atoms with Gasteiger partial charge in [0.2, 0.25) is 5.88 Å². The summed E-state index contributed by atoms with van der Waals surface area (Å²) >= 11 is 0. The van der Waals surface area contributed by atoms with Crippen molar-refractivity contribution in [2.75, 3.05) is 7.11 Å². The fourth-order valence-corrected chi connectivity index (χ4v) is 1.36. The average Bonchev–Trinajstić information content (AvgIpc) is 2.39. The topological polar surface area (TPSA) is 70.3 Å². The summed E-state index contributed by atoms with van der Waals surface area (Å²) in [7, 11) is 1.54. The highest BCUT2D eigenvalue weighted by molar-refractivity contribution is 5.35. The first-order chi connectivity index (χ1) is 8.33. The van der Waals surface area contributed by atoms with E-state index < -0.39 is 0 Å². The van der Waals surface area contributed by atoms with Crippen molar-refractivity contribution in [3.63, 3.8) is 0 Å². The van der Waals surface area contributed by atoms with Crippen LogP contribution in [0.2, 0.25) is 0 Å². The van der Waals surface area contributed by atoms with Crippen LogP contribution in [0, 0.1) is 0 Å². The highest BCUT2D eigenvalue weighted by atomic mass is 16.5. The number of aromatic nitrogens is 2. The van der Waals surface area contributed by atoms with Crippen molar-refractivity contribution < 1.29 is 9.47 Å². The largest absolute Gasteiger partial charge is 0.481 e. The maximum atomic E-state index is 5.61. The van der Waals surface area contributed by atoms with Crippen LogP contribution in [0.1, 0.15) is 5.56 Å². The molecule has 0 bridgehead atoms. The van der Waals surface area contributed by atoms with E-state index in [0.717, 1.165) is 5.56 Å². The number of benzene rings is 1. The smallest absolute Gasteiger partial charge is 0.325 e. The van der Waals surface area contributed by atoms with Gasteiger partial charge in [0, 0.05) is 24.4 Å². The third-order valence-corrected chi connectivity index (χ3v) is 2.21. The van der Waals surface area contributed by atoms with E-state index >= 15 is 0 Å². The lowest BCUT2D eigenvalue weighted by Crippen LogP contribution is -2.00. The molecule has 0 amide bonds. The summed E-state index contributed by atoms with van der Waals surface area (Å²) in [5.41, 5.74) is 6.52. The number of hydrogen-bond donors (Lipinski definition) is 1. The van der Waals surface area contributed by atoms with E-state index in [9.17, 15) is 0 Å². The van der Waals surface area contributed by atoms with Gasteiger partial charge in [-0.3, -0.25) is 0 Å². The number of nitrogens with two attached hydrogens (primary N) is 1. The molecule has 0 aliphatic carbocycles. The Kier molecular flexibility index (Phi) is 3.52. The van der Waals surface area contributed by atoms with Gasteiger partial charge in [-0.05, 0) is 6.07 Å². The molecule has 5 nitrogen and oxygen atoms in total. The van der Waals surface area contributed by atoms with Crippen molar-refractivity contribution in [1.82, 2.24) is 9.97 Å². The van der Waals surface area contributed by atoms with Gasteiger partial charge in [0.05, 0.1) is 7.11 Å². The SMILES string of the molecule is COc1ccnc(Oc2ccccc2CN)n1. The molecule has 88 valence electrons. The standard InChI is InChI=1S/C12H13N3O2/c1-16-11-6-7-14-12(15-11)17-10-5-3-2-4-9(10)8-13/h2-7H,8,13H2,1H3. The van der Waals surface area contributed by atoms with Gasteiger partial charge in [0.15, 0.2) is 0 Å². The molecule has 2 aromatic rings. The molecule has 0 unspecified atom stereocenters. The van der Waals surface area contributed by atoms with Crippen molar-refractivity contribution in [2.24, 2.45) is 5.73 Å². The van der Waals surface area contributed by atoms with E-state index in [2.05, 4.69) is 9.97 Å². The van der Waals surface area contributed by atoms with Crippen LogP contribution in [0.15, 0.2) is 36.5 Å². The first kappa shape index (κ1) is 11.3. The van der Waals surface area contributed by atoms with Gasteiger partial charge in [0.1, 0.15) is 5.75 Å². The van der Waals surface area contributed by atoms with Gasteiger partial charge in [-0.25, -0.2) is 4.98 Å². The molecule has 0 fully saturated rings. The summed E-state index contributed by atoms with van der Waals surface area (Å²) in [4.78, 5) is 8.07. The van der Waals surface area contributed by atoms with Crippen LogP contribution in [0.25, 0.3) is 0 Å². The molecule has 0 aliphatic heterocycles. The third-order valence-electron chi connectivity index (χ3n) is 2.21. The van der Waals surface area contributed by atoms with Gasteiger partial charge in [-0.1, -0.05) is 18.2 Å². The van der Waals surface area contributed by atoms with Gasteiger partial charge in [0.25, 0.3) is 0 Å². The molecule has 0 spiro atoms. The van der Waals surface area contributed by atoms with Gasteiger partial charge in [-0.15, -0.1) is 0 Å². The van der Waals surface area contributed by atoms with Crippen LogP contribution >= 0.6 is 0 Å².